The molecule has 10 nitrogen and oxygen atoms in total. The highest BCUT2D eigenvalue weighted by atomic mass is 32.2. The van der Waals surface area contributed by atoms with E-state index < -0.39 is 92.4 Å². The number of carbonyl (C=O) groups is 2. The number of rotatable bonds is 8. The van der Waals surface area contributed by atoms with E-state index in [1.54, 1.807) is 13.8 Å². The number of hydrogen-bond donors (Lipinski definition) is 3. The van der Waals surface area contributed by atoms with E-state index in [4.69, 9.17) is 16.6 Å². The summed E-state index contributed by atoms with van der Waals surface area (Å²) in [6.45, 7) is 8.32. The molecule has 2 atom stereocenters. The number of alkyl halides is 6. The van der Waals surface area contributed by atoms with Gasteiger partial charge in [0.25, 0.3) is 5.91 Å². The van der Waals surface area contributed by atoms with Gasteiger partial charge in [0.1, 0.15) is 0 Å². The molecule has 0 heterocycles. The first-order valence-electron chi connectivity index (χ1n) is 13.0. The zero-order chi connectivity index (χ0) is 35.5. The van der Waals surface area contributed by atoms with Crippen molar-refractivity contribution in [1.82, 2.24) is 0 Å². The van der Waals surface area contributed by atoms with Gasteiger partial charge < -0.3 is 16.6 Å². The van der Waals surface area contributed by atoms with Crippen LogP contribution in [0.5, 0.6) is 0 Å². The van der Waals surface area contributed by atoms with Gasteiger partial charge in [0, 0.05) is 5.56 Å². The monoisotopic (exact) mass is 689 g/mol. The molecule has 0 aromatic heterocycles. The lowest BCUT2D eigenvalue weighted by Gasteiger charge is -2.18. The Balaban J connectivity index is 0.000000454. The smallest absolute Gasteiger partial charge is 0.417 e. The van der Waals surface area contributed by atoms with E-state index in [2.05, 4.69) is 4.99 Å². The van der Waals surface area contributed by atoms with Crippen molar-refractivity contribution in [3.8, 4) is 0 Å². The minimum absolute atomic E-state index is 0.0277. The lowest BCUT2D eigenvalue weighted by atomic mass is 10.0. The summed E-state index contributed by atoms with van der Waals surface area (Å²) in [6, 6.07) is 2.47. The fourth-order valence-electron chi connectivity index (χ4n) is 3.79. The van der Waals surface area contributed by atoms with Gasteiger partial charge in [0.15, 0.2) is 25.6 Å². The minimum atomic E-state index is -4.96. The highest BCUT2D eigenvalue weighted by molar-refractivity contribution is 7.92. The van der Waals surface area contributed by atoms with Crippen molar-refractivity contribution in [2.75, 3.05) is 0 Å². The van der Waals surface area contributed by atoms with Gasteiger partial charge in [0.05, 0.1) is 37.0 Å². The van der Waals surface area contributed by atoms with Gasteiger partial charge in [-0.3, -0.25) is 4.79 Å². The third-order valence-corrected chi connectivity index (χ3v) is 11.5. The largest absolute Gasteiger partial charge is 0.478 e. The van der Waals surface area contributed by atoms with Crippen LogP contribution in [-0.2, 0) is 32.0 Å². The Morgan fingerprint density at radius 3 is 1.38 bits per heavy atom. The molecule has 0 aliphatic heterocycles. The molecule has 0 aliphatic carbocycles. The molecule has 0 spiro atoms. The Labute approximate surface area is 256 Å². The van der Waals surface area contributed by atoms with E-state index in [0.29, 0.717) is 12.1 Å². The molecule has 2 unspecified atom stereocenters. The molecule has 18 heteroatoms. The van der Waals surface area contributed by atoms with Crippen LogP contribution in [0.2, 0.25) is 0 Å². The Hall–Kier alpha value is -3.67. The number of nitrogens with zero attached hydrogens (tertiary/aromatic N) is 1. The maximum Gasteiger partial charge on any atom is 0.417 e. The molecule has 0 aliphatic rings. The van der Waals surface area contributed by atoms with Gasteiger partial charge in [-0.2, -0.15) is 31.3 Å². The fraction of sp³-hybridized carbons (Fsp3) is 0.444. The second kappa shape index (κ2) is 14.2. The number of nitrogens with two attached hydrogens (primary N) is 2. The Morgan fingerprint density at radius 2 is 1.09 bits per heavy atom. The molecule has 0 saturated heterocycles. The van der Waals surface area contributed by atoms with Crippen LogP contribution in [0, 0.1) is 13.8 Å². The van der Waals surface area contributed by atoms with Crippen molar-refractivity contribution >= 4 is 37.5 Å². The Bertz CT molecular complexity index is 1700. The number of aryl methyl sites for hydroxylation is 2. The first kappa shape index (κ1) is 39.4. The van der Waals surface area contributed by atoms with Crippen molar-refractivity contribution in [2.24, 2.45) is 16.5 Å². The molecular weight excluding hydrogens is 656 g/mol. The normalized spacial score (nSPS) is 13.7. The summed E-state index contributed by atoms with van der Waals surface area (Å²) in [5, 5.41) is 6.89. The SMILES string of the molecule is CCC(C)S(=O)(=O)c1cc(C)c(C(=O)N=C(N)N)cc1C(F)(F)F.CCC(C)S(=O)(=O)c1cc(C)c(C(=O)O)cc1C(F)(F)F. The molecule has 5 N–H and O–H groups in total. The average Bonchev–Trinajstić information content (AvgIpc) is 2.89. The number of carboxylic acid groups (broad SMARTS) is 1. The number of amides is 1. The summed E-state index contributed by atoms with van der Waals surface area (Å²) in [6.07, 6.45) is -9.61. The number of guanidine groups is 1. The van der Waals surface area contributed by atoms with Crippen molar-refractivity contribution in [2.45, 2.75) is 87.0 Å². The predicted octanol–water partition coefficient (Wildman–Crippen LogP) is 5.28. The van der Waals surface area contributed by atoms with Crippen LogP contribution in [-0.4, -0.2) is 50.3 Å². The summed E-state index contributed by atoms with van der Waals surface area (Å²) in [5.74, 6) is -3.22. The fourth-order valence-corrected chi connectivity index (χ4v) is 7.18. The van der Waals surface area contributed by atoms with Crippen molar-refractivity contribution in [3.05, 3.63) is 57.6 Å². The second-order valence-corrected chi connectivity index (χ2v) is 14.7. The molecule has 2 aromatic rings. The standard InChI is InChI=1S/C14H18F3N3O3S.C13H15F3O4S/c1-4-8(3)24(22,23)11-5-7(2)9(12(21)20-13(18)19)6-10(11)14(15,16)17;1-4-8(3)21(19,20)11-5-7(2)9(12(17)18)6-10(11)13(14,15)16/h5-6,8H,4H2,1-3H3,(H4,18,19,20,21);5-6,8H,4H2,1-3H3,(H,17,18). The quantitative estimate of drug-likeness (QED) is 0.188. The Kier molecular flexibility index (Phi) is 12.4. The van der Waals surface area contributed by atoms with Gasteiger partial charge in [0.2, 0.25) is 0 Å². The number of carbonyl (C=O) groups excluding carboxylic acids is 1. The van der Waals surface area contributed by atoms with Crippen LogP contribution in [0.25, 0.3) is 0 Å². The van der Waals surface area contributed by atoms with E-state index in [1.807, 2.05) is 0 Å². The number of sulfone groups is 2. The van der Waals surface area contributed by atoms with E-state index in [1.165, 1.54) is 27.7 Å². The number of aromatic carboxylic acids is 1. The van der Waals surface area contributed by atoms with E-state index in [0.717, 1.165) is 12.1 Å². The highest BCUT2D eigenvalue weighted by Crippen LogP contribution is 2.39. The number of benzene rings is 2. The van der Waals surface area contributed by atoms with Gasteiger partial charge >= 0.3 is 18.3 Å². The zero-order valence-corrected chi connectivity index (χ0v) is 26.6. The maximum atomic E-state index is 13.3. The number of carboxylic acids is 1. The van der Waals surface area contributed by atoms with Crippen LogP contribution in [0.4, 0.5) is 26.3 Å². The molecule has 1 amide bonds. The van der Waals surface area contributed by atoms with E-state index in [9.17, 15) is 52.8 Å². The van der Waals surface area contributed by atoms with Crippen LogP contribution >= 0.6 is 0 Å². The number of halogens is 6. The molecule has 252 valence electrons. The molecule has 0 saturated carbocycles. The van der Waals surface area contributed by atoms with Crippen molar-refractivity contribution < 1.29 is 57.9 Å². The summed E-state index contributed by atoms with van der Waals surface area (Å²) >= 11 is 0. The first-order chi connectivity index (χ1) is 20.2. The van der Waals surface area contributed by atoms with Gasteiger partial charge in [-0.05, 0) is 75.9 Å². The predicted molar refractivity (Wildman–Crippen MR) is 153 cm³/mol. The lowest BCUT2D eigenvalue weighted by Crippen LogP contribution is -2.25. The Morgan fingerprint density at radius 1 is 0.756 bits per heavy atom. The lowest BCUT2D eigenvalue weighted by molar-refractivity contribution is -0.140. The van der Waals surface area contributed by atoms with Gasteiger partial charge in [-0.25, -0.2) is 21.6 Å². The van der Waals surface area contributed by atoms with Crippen molar-refractivity contribution in [3.63, 3.8) is 0 Å². The highest BCUT2D eigenvalue weighted by Gasteiger charge is 2.41. The second-order valence-electron chi connectivity index (χ2n) is 10.00. The van der Waals surface area contributed by atoms with Crippen LogP contribution < -0.4 is 11.5 Å². The molecule has 2 aromatic carbocycles. The topological polar surface area (TPSA) is 187 Å². The summed E-state index contributed by atoms with van der Waals surface area (Å²) in [7, 11) is -8.39. The van der Waals surface area contributed by atoms with Gasteiger partial charge in [-0.15, -0.1) is 0 Å². The molecule has 0 bridgehead atoms. The molecule has 0 radical (unpaired) electrons. The number of hydrogen-bond acceptors (Lipinski definition) is 6. The first-order valence-corrected chi connectivity index (χ1v) is 16.1. The summed E-state index contributed by atoms with van der Waals surface area (Å²) in [5.41, 5.74) is 6.26. The zero-order valence-electron chi connectivity index (χ0n) is 25.0. The minimum Gasteiger partial charge on any atom is -0.478 e. The maximum absolute atomic E-state index is 13.3. The van der Waals surface area contributed by atoms with E-state index >= 15 is 0 Å². The molecule has 45 heavy (non-hydrogen) atoms. The molecule has 2 rings (SSSR count). The van der Waals surface area contributed by atoms with Gasteiger partial charge in [-0.1, -0.05) is 13.8 Å². The number of aliphatic imine (C=N–C) groups is 1. The molecular formula is C27H33F6N3O7S2. The van der Waals surface area contributed by atoms with Crippen LogP contribution in [0.1, 0.15) is 83.5 Å². The summed E-state index contributed by atoms with van der Waals surface area (Å²) < 4.78 is 128. The van der Waals surface area contributed by atoms with Crippen LogP contribution in [0.3, 0.4) is 0 Å². The van der Waals surface area contributed by atoms with Crippen molar-refractivity contribution in [1.29, 1.82) is 0 Å². The summed E-state index contributed by atoms with van der Waals surface area (Å²) in [4.78, 5) is 24.2. The third kappa shape index (κ3) is 9.18. The van der Waals surface area contributed by atoms with E-state index in [-0.39, 0.29) is 24.0 Å². The molecule has 0 fully saturated rings. The third-order valence-electron chi connectivity index (χ3n) is 6.78. The van der Waals surface area contributed by atoms with Crippen LogP contribution in [0.15, 0.2) is 39.0 Å². The average molecular weight is 690 g/mol.